The number of anilines is 1. The molecular formula is C17H17ClF2N4O2. The molecule has 1 aliphatic rings. The van der Waals surface area contributed by atoms with Crippen LogP contribution in [0.3, 0.4) is 0 Å². The molecule has 1 aromatic heterocycles. The Bertz CT molecular complexity index is 746. The molecule has 1 amide bonds. The van der Waals surface area contributed by atoms with Crippen LogP contribution in [0.5, 0.6) is 0 Å². The van der Waals surface area contributed by atoms with Crippen LogP contribution < -0.4 is 5.32 Å². The first-order valence-corrected chi connectivity index (χ1v) is 8.40. The van der Waals surface area contributed by atoms with Gasteiger partial charge >= 0.3 is 6.09 Å². The van der Waals surface area contributed by atoms with Crippen LogP contribution in [0.15, 0.2) is 42.7 Å². The number of carbonyl (C=O) groups excluding carboxylic acids is 1. The van der Waals surface area contributed by atoms with E-state index in [0.29, 0.717) is 5.02 Å². The lowest BCUT2D eigenvalue weighted by Gasteiger charge is -2.27. The third-order valence-corrected chi connectivity index (χ3v) is 4.26. The molecule has 0 radical (unpaired) electrons. The third-order valence-electron chi connectivity index (χ3n) is 4.06. The van der Waals surface area contributed by atoms with Crippen molar-refractivity contribution in [2.75, 3.05) is 18.4 Å². The quantitative estimate of drug-likeness (QED) is 0.856. The second-order valence-corrected chi connectivity index (χ2v) is 6.30. The summed E-state index contributed by atoms with van der Waals surface area (Å²) in [6.45, 7) is -0.244. The second-order valence-electron chi connectivity index (χ2n) is 5.87. The molecule has 0 aliphatic carbocycles. The number of benzene rings is 1. The van der Waals surface area contributed by atoms with Crippen molar-refractivity contribution in [1.82, 2.24) is 14.9 Å². The number of hydrogen-bond acceptors (Lipinski definition) is 5. The maximum absolute atomic E-state index is 14.2. The molecule has 1 aromatic carbocycles. The van der Waals surface area contributed by atoms with Crippen LogP contribution in [0.1, 0.15) is 12.0 Å². The molecule has 0 bridgehead atoms. The standard InChI is InChI=1S/C17H17ClF2N4O2/c18-13-8-21-15(22-9-13)23-10-14-17(19,20)6-7-24(14)16(25)26-11-12-4-2-1-3-5-12/h1-5,8-9,14H,6-7,10-11H2,(H,21,22,23)/t14-/m1/s1. The van der Waals surface area contributed by atoms with Gasteiger partial charge in [-0.25, -0.2) is 23.5 Å². The van der Waals surface area contributed by atoms with Gasteiger partial charge in [0.1, 0.15) is 12.6 Å². The van der Waals surface area contributed by atoms with Gasteiger partial charge < -0.3 is 10.1 Å². The van der Waals surface area contributed by atoms with Crippen molar-refractivity contribution < 1.29 is 18.3 Å². The molecule has 0 unspecified atom stereocenters. The van der Waals surface area contributed by atoms with E-state index < -0.39 is 24.5 Å². The maximum atomic E-state index is 14.2. The van der Waals surface area contributed by atoms with Gasteiger partial charge in [-0.2, -0.15) is 0 Å². The van der Waals surface area contributed by atoms with Crippen LogP contribution >= 0.6 is 11.6 Å². The molecule has 3 rings (SSSR count). The number of carbonyl (C=O) groups is 1. The highest BCUT2D eigenvalue weighted by molar-refractivity contribution is 6.30. The zero-order valence-corrected chi connectivity index (χ0v) is 14.5. The van der Waals surface area contributed by atoms with Crippen LogP contribution in [0.4, 0.5) is 19.5 Å². The Balaban J connectivity index is 1.61. The van der Waals surface area contributed by atoms with Gasteiger partial charge in [0.2, 0.25) is 5.95 Å². The number of halogens is 3. The Morgan fingerprint density at radius 1 is 1.31 bits per heavy atom. The summed E-state index contributed by atoms with van der Waals surface area (Å²) in [6, 6.07) is 7.71. The molecule has 1 aliphatic heterocycles. The molecule has 9 heteroatoms. The highest BCUT2D eigenvalue weighted by atomic mass is 35.5. The van der Waals surface area contributed by atoms with Crippen LogP contribution in [0, 0.1) is 0 Å². The Morgan fingerprint density at radius 2 is 2.00 bits per heavy atom. The number of rotatable bonds is 5. The van der Waals surface area contributed by atoms with Gasteiger partial charge in [0.05, 0.1) is 17.4 Å². The second kappa shape index (κ2) is 7.82. The average molecular weight is 383 g/mol. The molecule has 2 heterocycles. The smallest absolute Gasteiger partial charge is 0.410 e. The number of aromatic nitrogens is 2. The SMILES string of the molecule is O=C(OCc1ccccc1)N1CCC(F)(F)[C@H]1CNc1ncc(Cl)cn1. The first-order chi connectivity index (χ1) is 12.5. The van der Waals surface area contributed by atoms with Crippen molar-refractivity contribution in [3.63, 3.8) is 0 Å². The lowest BCUT2D eigenvalue weighted by Crippen LogP contribution is -2.47. The number of amides is 1. The molecule has 1 N–H and O–H groups in total. The molecule has 1 fully saturated rings. The number of likely N-dealkylation sites (tertiary alicyclic amines) is 1. The molecule has 1 saturated heterocycles. The summed E-state index contributed by atoms with van der Waals surface area (Å²) in [4.78, 5) is 21.1. The molecular weight excluding hydrogens is 366 g/mol. The fourth-order valence-electron chi connectivity index (χ4n) is 2.69. The number of nitrogens with zero attached hydrogens (tertiary/aromatic N) is 3. The van der Waals surface area contributed by atoms with E-state index in [2.05, 4.69) is 15.3 Å². The monoisotopic (exact) mass is 382 g/mol. The van der Waals surface area contributed by atoms with Crippen LogP contribution in [0.25, 0.3) is 0 Å². The zero-order chi connectivity index (χ0) is 18.6. The topological polar surface area (TPSA) is 67.3 Å². The molecule has 26 heavy (non-hydrogen) atoms. The Labute approximate surface area is 154 Å². The third kappa shape index (κ3) is 4.37. The number of alkyl halides is 2. The van der Waals surface area contributed by atoms with Crippen molar-refractivity contribution >= 4 is 23.6 Å². The van der Waals surface area contributed by atoms with Gasteiger partial charge in [-0.05, 0) is 5.56 Å². The van der Waals surface area contributed by atoms with Gasteiger partial charge in [0, 0.05) is 19.5 Å². The average Bonchev–Trinajstić information content (AvgIpc) is 2.94. The van der Waals surface area contributed by atoms with Crippen LogP contribution in [-0.4, -0.2) is 46.0 Å². The number of hydrogen-bond donors (Lipinski definition) is 1. The lowest BCUT2D eigenvalue weighted by atomic mass is 10.1. The zero-order valence-electron chi connectivity index (χ0n) is 13.7. The van der Waals surface area contributed by atoms with Crippen molar-refractivity contribution in [3.8, 4) is 0 Å². The summed E-state index contributed by atoms with van der Waals surface area (Å²) in [5.41, 5.74) is 0.788. The normalized spacial score (nSPS) is 18.6. The van der Waals surface area contributed by atoms with Crippen molar-refractivity contribution in [2.24, 2.45) is 0 Å². The Kier molecular flexibility index (Phi) is 5.51. The summed E-state index contributed by atoms with van der Waals surface area (Å²) in [5.74, 6) is -2.86. The lowest BCUT2D eigenvalue weighted by molar-refractivity contribution is -0.0280. The minimum Gasteiger partial charge on any atom is -0.445 e. The van der Waals surface area contributed by atoms with E-state index in [4.69, 9.17) is 16.3 Å². The van der Waals surface area contributed by atoms with Crippen LogP contribution in [0.2, 0.25) is 5.02 Å². The molecule has 2 aromatic rings. The first kappa shape index (κ1) is 18.3. The van der Waals surface area contributed by atoms with E-state index in [-0.39, 0.29) is 25.6 Å². The minimum atomic E-state index is -3.02. The minimum absolute atomic E-state index is 0.0299. The van der Waals surface area contributed by atoms with Gasteiger partial charge in [0.25, 0.3) is 5.92 Å². The van der Waals surface area contributed by atoms with Gasteiger partial charge in [-0.3, -0.25) is 4.90 Å². The van der Waals surface area contributed by atoms with Crippen LogP contribution in [-0.2, 0) is 11.3 Å². The molecule has 6 nitrogen and oxygen atoms in total. The first-order valence-electron chi connectivity index (χ1n) is 8.02. The van der Waals surface area contributed by atoms with Crippen molar-refractivity contribution in [3.05, 3.63) is 53.3 Å². The molecule has 0 saturated carbocycles. The Morgan fingerprint density at radius 3 is 2.69 bits per heavy atom. The Hall–Kier alpha value is -2.48. The van der Waals surface area contributed by atoms with E-state index in [1.165, 1.54) is 12.4 Å². The fourth-order valence-corrected chi connectivity index (χ4v) is 2.79. The summed E-state index contributed by atoms with van der Waals surface area (Å²) in [5, 5.41) is 3.06. The van der Waals surface area contributed by atoms with Gasteiger partial charge in [-0.1, -0.05) is 41.9 Å². The summed E-state index contributed by atoms with van der Waals surface area (Å²) < 4.78 is 33.6. The fraction of sp³-hybridized carbons (Fsp3) is 0.353. The van der Waals surface area contributed by atoms with E-state index >= 15 is 0 Å². The predicted octanol–water partition coefficient (Wildman–Crippen LogP) is 3.59. The summed E-state index contributed by atoms with van der Waals surface area (Å²) in [7, 11) is 0. The predicted molar refractivity (Wildman–Crippen MR) is 92.2 cm³/mol. The molecule has 138 valence electrons. The van der Waals surface area contributed by atoms with Gasteiger partial charge in [-0.15, -0.1) is 0 Å². The summed E-state index contributed by atoms with van der Waals surface area (Å²) in [6.07, 6.45) is 1.53. The number of nitrogens with one attached hydrogen (secondary N) is 1. The highest BCUT2D eigenvalue weighted by Crippen LogP contribution is 2.34. The van der Waals surface area contributed by atoms with E-state index in [0.717, 1.165) is 10.5 Å². The van der Waals surface area contributed by atoms with Crippen molar-refractivity contribution in [1.29, 1.82) is 0 Å². The molecule has 0 spiro atoms. The van der Waals surface area contributed by atoms with E-state index in [1.807, 2.05) is 18.2 Å². The van der Waals surface area contributed by atoms with E-state index in [9.17, 15) is 13.6 Å². The molecule has 1 atom stereocenters. The van der Waals surface area contributed by atoms with E-state index in [1.54, 1.807) is 12.1 Å². The largest absolute Gasteiger partial charge is 0.445 e. The van der Waals surface area contributed by atoms with Crippen molar-refractivity contribution in [2.45, 2.75) is 25.0 Å². The number of ether oxygens (including phenoxy) is 1. The summed E-state index contributed by atoms with van der Waals surface area (Å²) >= 11 is 5.69. The van der Waals surface area contributed by atoms with Gasteiger partial charge in [0.15, 0.2) is 0 Å². The highest BCUT2D eigenvalue weighted by Gasteiger charge is 2.51. The maximum Gasteiger partial charge on any atom is 0.410 e.